The van der Waals surface area contributed by atoms with Crippen molar-refractivity contribution >= 4 is 5.78 Å². The minimum Gasteiger partial charge on any atom is -0.344 e. The maximum atomic E-state index is 11.0. The number of hydrogen-bond acceptors (Lipinski definition) is 4. The van der Waals surface area contributed by atoms with Crippen LogP contribution in [-0.2, 0) is 4.79 Å². The Morgan fingerprint density at radius 2 is 1.62 bits per heavy atom. The van der Waals surface area contributed by atoms with E-state index >= 15 is 0 Å². The Morgan fingerprint density at radius 3 is 1.92 bits per heavy atom. The molecule has 1 aliphatic rings. The highest BCUT2D eigenvalue weighted by atomic mass is 16.1. The van der Waals surface area contributed by atoms with Gasteiger partial charge in [-0.2, -0.15) is 0 Å². The Labute approximate surface area is 80.5 Å². The van der Waals surface area contributed by atoms with Gasteiger partial charge in [0, 0.05) is 6.42 Å². The van der Waals surface area contributed by atoms with Crippen LogP contribution in [0.3, 0.4) is 0 Å². The molecule has 0 radical (unpaired) electrons. The Hall–Kier alpha value is -0.710. The van der Waals surface area contributed by atoms with Gasteiger partial charge in [-0.3, -0.25) is 4.79 Å². The molecule has 4 heteroatoms. The molecule has 0 amide bonds. The largest absolute Gasteiger partial charge is 0.344 e. The van der Waals surface area contributed by atoms with E-state index in [1.807, 2.05) is 6.92 Å². The zero-order chi connectivity index (χ0) is 7.78. The Morgan fingerprint density at radius 1 is 1.15 bits per heavy atom. The highest BCUT2D eigenvalue weighted by Crippen LogP contribution is 2.32. The van der Waals surface area contributed by atoms with E-state index in [-0.39, 0.29) is 29.6 Å². The van der Waals surface area contributed by atoms with Crippen molar-refractivity contribution in [2.45, 2.75) is 33.6 Å². The monoisotopic (exact) mass is 189 g/mol. The molecule has 9 N–H and O–H groups in total. The summed E-state index contributed by atoms with van der Waals surface area (Å²) in [4.78, 5) is 11.0. The van der Waals surface area contributed by atoms with Crippen molar-refractivity contribution in [2.75, 3.05) is 0 Å². The van der Waals surface area contributed by atoms with Crippen LogP contribution in [0.2, 0.25) is 0 Å². The van der Waals surface area contributed by atoms with Crippen molar-refractivity contribution in [2.24, 2.45) is 5.41 Å². The summed E-state index contributed by atoms with van der Waals surface area (Å²) in [5, 5.41) is 0. The third kappa shape index (κ3) is 5.52. The van der Waals surface area contributed by atoms with Gasteiger partial charge < -0.3 is 18.5 Å². The molecule has 0 heterocycles. The van der Waals surface area contributed by atoms with Gasteiger partial charge in [-0.1, -0.05) is 19.4 Å². The molecule has 0 fully saturated rings. The van der Waals surface area contributed by atoms with Gasteiger partial charge in [-0.25, -0.2) is 0 Å². The molecule has 13 heavy (non-hydrogen) atoms. The highest BCUT2D eigenvalue weighted by Gasteiger charge is 2.25. The average Bonchev–Trinajstić information content (AvgIpc) is 1.54. The van der Waals surface area contributed by atoms with E-state index in [0.29, 0.717) is 6.42 Å². The van der Waals surface area contributed by atoms with Crippen LogP contribution in [0.4, 0.5) is 0 Å². The van der Waals surface area contributed by atoms with Gasteiger partial charge in [-0.15, -0.1) is 0 Å². The quantitative estimate of drug-likeness (QED) is 0.542. The Kier molecular flexibility index (Phi) is 8.17. The first-order chi connectivity index (χ1) is 4.49. The number of hydrogen-bond donors (Lipinski definition) is 3. The average molecular weight is 189 g/mol. The predicted molar refractivity (Wildman–Crippen MR) is 56.8 cm³/mol. The van der Waals surface area contributed by atoms with Crippen LogP contribution in [0.15, 0.2) is 11.6 Å². The van der Waals surface area contributed by atoms with Crippen LogP contribution < -0.4 is 18.5 Å². The lowest BCUT2D eigenvalue weighted by molar-refractivity contribution is -0.117. The predicted octanol–water partition coefficient (Wildman–Crippen LogP) is 2.81. The van der Waals surface area contributed by atoms with Gasteiger partial charge >= 0.3 is 0 Å². The smallest absolute Gasteiger partial charge is 0.156 e. The number of ketones is 1. The summed E-state index contributed by atoms with van der Waals surface area (Å²) >= 11 is 0. The number of carbonyl (C=O) groups is 1. The molecular formula is C9H23N3O. The SMILES string of the molecule is CC1=CC(=O)CC(C)(C)C1.N.N.N. The standard InChI is InChI=1S/C9H14O.3H3N/c1-7-4-8(10)6-9(2,3)5-7;;;/h4H,5-6H2,1-3H3;3*1H3. The van der Waals surface area contributed by atoms with Crippen molar-refractivity contribution < 1.29 is 4.79 Å². The minimum atomic E-state index is 0. The third-order valence-corrected chi connectivity index (χ3v) is 1.82. The molecule has 0 saturated heterocycles. The topological polar surface area (TPSA) is 122 Å². The molecular weight excluding hydrogens is 166 g/mol. The summed E-state index contributed by atoms with van der Waals surface area (Å²) in [5.41, 5.74) is 1.43. The van der Waals surface area contributed by atoms with E-state index in [4.69, 9.17) is 0 Å². The van der Waals surface area contributed by atoms with Gasteiger partial charge in [0.25, 0.3) is 0 Å². The van der Waals surface area contributed by atoms with Crippen molar-refractivity contribution in [3.8, 4) is 0 Å². The molecule has 0 aromatic carbocycles. The molecule has 0 aromatic heterocycles. The molecule has 0 aromatic rings. The number of rotatable bonds is 0. The Balaban J connectivity index is -0.000000333. The minimum absolute atomic E-state index is 0. The highest BCUT2D eigenvalue weighted by molar-refractivity contribution is 5.91. The maximum Gasteiger partial charge on any atom is 0.156 e. The van der Waals surface area contributed by atoms with E-state index < -0.39 is 0 Å². The zero-order valence-corrected chi connectivity index (χ0v) is 9.02. The molecule has 0 saturated carbocycles. The van der Waals surface area contributed by atoms with E-state index in [1.54, 1.807) is 6.08 Å². The first-order valence-corrected chi connectivity index (χ1v) is 3.70. The van der Waals surface area contributed by atoms with E-state index in [2.05, 4.69) is 13.8 Å². The van der Waals surface area contributed by atoms with Gasteiger partial charge in [-0.05, 0) is 24.8 Å². The molecule has 0 aliphatic heterocycles. The second-order valence-electron chi connectivity index (χ2n) is 3.97. The van der Waals surface area contributed by atoms with Crippen molar-refractivity contribution in [3.05, 3.63) is 11.6 Å². The molecule has 0 spiro atoms. The summed E-state index contributed by atoms with van der Waals surface area (Å²) in [6, 6.07) is 0. The van der Waals surface area contributed by atoms with Crippen LogP contribution >= 0.6 is 0 Å². The molecule has 4 nitrogen and oxygen atoms in total. The maximum absolute atomic E-state index is 11.0. The van der Waals surface area contributed by atoms with Gasteiger partial charge in [0.15, 0.2) is 5.78 Å². The van der Waals surface area contributed by atoms with Gasteiger partial charge in [0.2, 0.25) is 0 Å². The molecule has 0 bridgehead atoms. The van der Waals surface area contributed by atoms with Crippen LogP contribution in [0, 0.1) is 5.41 Å². The first kappa shape index (κ1) is 18.2. The lowest BCUT2D eigenvalue weighted by Gasteiger charge is -2.27. The second-order valence-corrected chi connectivity index (χ2v) is 3.97. The fourth-order valence-electron chi connectivity index (χ4n) is 1.67. The number of allylic oxidation sites excluding steroid dienone is 2. The van der Waals surface area contributed by atoms with Crippen molar-refractivity contribution in [3.63, 3.8) is 0 Å². The Bertz CT molecular complexity index is 197. The van der Waals surface area contributed by atoms with Gasteiger partial charge in [0.1, 0.15) is 0 Å². The van der Waals surface area contributed by atoms with Gasteiger partial charge in [0.05, 0.1) is 0 Å². The van der Waals surface area contributed by atoms with Crippen molar-refractivity contribution in [1.29, 1.82) is 0 Å². The first-order valence-electron chi connectivity index (χ1n) is 3.70. The summed E-state index contributed by atoms with van der Waals surface area (Å²) in [5.74, 6) is 0.286. The summed E-state index contributed by atoms with van der Waals surface area (Å²) in [6.07, 6.45) is 3.55. The second kappa shape index (κ2) is 5.85. The van der Waals surface area contributed by atoms with E-state index in [0.717, 1.165) is 6.42 Å². The van der Waals surface area contributed by atoms with Crippen molar-refractivity contribution in [1.82, 2.24) is 18.5 Å². The molecule has 80 valence electrons. The van der Waals surface area contributed by atoms with Crippen LogP contribution in [0.1, 0.15) is 33.6 Å². The van der Waals surface area contributed by atoms with Crippen LogP contribution in [-0.4, -0.2) is 5.78 Å². The molecule has 1 aliphatic carbocycles. The van der Waals surface area contributed by atoms with Crippen LogP contribution in [0.25, 0.3) is 0 Å². The fraction of sp³-hybridized carbons (Fsp3) is 0.667. The van der Waals surface area contributed by atoms with E-state index in [1.165, 1.54) is 5.57 Å². The molecule has 0 atom stereocenters. The molecule has 1 rings (SSSR count). The zero-order valence-electron chi connectivity index (χ0n) is 9.02. The summed E-state index contributed by atoms with van der Waals surface area (Å²) in [6.45, 7) is 6.31. The van der Waals surface area contributed by atoms with E-state index in [9.17, 15) is 4.79 Å². The fourth-order valence-corrected chi connectivity index (χ4v) is 1.67. The number of carbonyl (C=O) groups excluding carboxylic acids is 1. The third-order valence-electron chi connectivity index (χ3n) is 1.82. The van der Waals surface area contributed by atoms with Crippen LogP contribution in [0.5, 0.6) is 0 Å². The summed E-state index contributed by atoms with van der Waals surface area (Å²) < 4.78 is 0. The summed E-state index contributed by atoms with van der Waals surface area (Å²) in [7, 11) is 0. The normalized spacial score (nSPS) is 18.7. The molecule has 0 unspecified atom stereocenters. The lowest BCUT2D eigenvalue weighted by atomic mass is 9.77. The lowest BCUT2D eigenvalue weighted by Crippen LogP contribution is -2.20.